The zero-order valence-corrected chi connectivity index (χ0v) is 14.7. The molecular formula is C18H22FN5O2. The molecule has 8 heteroatoms. The lowest BCUT2D eigenvalue weighted by atomic mass is 10.1. The molecule has 2 heterocycles. The third-order valence-corrected chi connectivity index (χ3v) is 4.11. The Morgan fingerprint density at radius 2 is 2.08 bits per heavy atom. The fraction of sp³-hybridized carbons (Fsp3) is 0.333. The maximum atomic E-state index is 14.7. The Kier molecular flexibility index (Phi) is 5.34. The van der Waals surface area contributed by atoms with Crippen LogP contribution in [0.5, 0.6) is 0 Å². The minimum Gasteiger partial charge on any atom is -0.383 e. The van der Waals surface area contributed by atoms with Crippen LogP contribution in [0.1, 0.15) is 21.5 Å². The van der Waals surface area contributed by atoms with Gasteiger partial charge >= 0.3 is 0 Å². The zero-order chi connectivity index (χ0) is 18.7. The van der Waals surface area contributed by atoms with E-state index in [-0.39, 0.29) is 29.9 Å². The number of methoxy groups -OCH3 is 1. The second-order valence-electron chi connectivity index (χ2n) is 6.25. The molecule has 1 aromatic carbocycles. The molecule has 1 aliphatic heterocycles. The molecule has 0 aliphatic carbocycles. The fourth-order valence-electron chi connectivity index (χ4n) is 2.76. The smallest absolute Gasteiger partial charge is 0.255 e. The van der Waals surface area contributed by atoms with Crippen molar-refractivity contribution >= 4 is 23.2 Å². The molecule has 1 aromatic heterocycles. The number of anilines is 3. The molecule has 1 atom stereocenters. The Hall–Kier alpha value is -2.71. The number of carbonyl (C=O) groups excluding carboxylic acids is 1. The van der Waals surface area contributed by atoms with E-state index in [0.29, 0.717) is 24.5 Å². The molecule has 0 saturated carbocycles. The fourth-order valence-corrected chi connectivity index (χ4v) is 2.76. The molecule has 26 heavy (non-hydrogen) atoms. The molecule has 0 saturated heterocycles. The van der Waals surface area contributed by atoms with E-state index in [1.165, 1.54) is 0 Å². The van der Waals surface area contributed by atoms with Crippen LogP contribution in [0.4, 0.5) is 21.7 Å². The third-order valence-electron chi connectivity index (χ3n) is 4.11. The lowest BCUT2D eigenvalue weighted by Crippen LogP contribution is -2.33. The average Bonchev–Trinajstić information content (AvgIpc) is 3.01. The molecule has 0 unspecified atom stereocenters. The minimum absolute atomic E-state index is 0.0569. The third kappa shape index (κ3) is 3.76. The number of hydrogen-bond donors (Lipinski definition) is 4. The van der Waals surface area contributed by atoms with E-state index in [1.807, 2.05) is 31.2 Å². The van der Waals surface area contributed by atoms with Crippen molar-refractivity contribution in [1.29, 1.82) is 0 Å². The zero-order valence-electron chi connectivity index (χ0n) is 14.7. The van der Waals surface area contributed by atoms with Gasteiger partial charge in [-0.2, -0.15) is 0 Å². The molecule has 5 N–H and O–H groups in total. The van der Waals surface area contributed by atoms with Gasteiger partial charge in [-0.05, 0) is 19.1 Å². The van der Waals surface area contributed by atoms with Crippen molar-refractivity contribution in [2.75, 3.05) is 30.9 Å². The van der Waals surface area contributed by atoms with E-state index in [0.717, 1.165) is 11.3 Å². The highest BCUT2D eigenvalue weighted by atomic mass is 19.1. The van der Waals surface area contributed by atoms with Crippen LogP contribution < -0.4 is 21.7 Å². The summed E-state index contributed by atoms with van der Waals surface area (Å²) in [6.45, 7) is 2.75. The van der Waals surface area contributed by atoms with E-state index < -0.39 is 5.82 Å². The summed E-state index contributed by atoms with van der Waals surface area (Å²) in [6, 6.07) is 7.33. The average molecular weight is 359 g/mol. The lowest BCUT2D eigenvalue weighted by molar-refractivity contribution is 0.0966. The molecule has 0 bridgehead atoms. The van der Waals surface area contributed by atoms with Crippen LogP contribution in [0, 0.1) is 12.7 Å². The Balaban J connectivity index is 1.92. The summed E-state index contributed by atoms with van der Waals surface area (Å²) in [7, 11) is 1.55. The highest BCUT2D eigenvalue weighted by molar-refractivity contribution is 6.03. The van der Waals surface area contributed by atoms with E-state index in [2.05, 4.69) is 20.9 Å². The van der Waals surface area contributed by atoms with Crippen LogP contribution >= 0.6 is 0 Å². The van der Waals surface area contributed by atoms with Crippen molar-refractivity contribution in [3.8, 4) is 0 Å². The molecule has 3 rings (SSSR count). The first-order valence-corrected chi connectivity index (χ1v) is 8.32. The number of nitrogens with two attached hydrogens (primary N) is 1. The number of nitrogens with one attached hydrogen (secondary N) is 3. The molecule has 2 aromatic rings. The van der Waals surface area contributed by atoms with Gasteiger partial charge in [0.25, 0.3) is 5.91 Å². The molecule has 1 aliphatic rings. The van der Waals surface area contributed by atoms with E-state index in [1.54, 1.807) is 7.11 Å². The minimum atomic E-state index is -0.544. The summed E-state index contributed by atoms with van der Waals surface area (Å²) in [5, 5.41) is 8.66. The number of hydrogen-bond acceptors (Lipinski definition) is 6. The standard InChI is InChI=1S/C18H22FN5O2/c1-10-3-5-12(6-4-10)23-16-14-13(8-22-18(14)25)15(19)17(24-16)21-7-11(20)9-26-2/h3-6,11H,7-9,20H2,1-2H3,(H,22,25)(H2,21,23,24)/t11-/m1/s1. The van der Waals surface area contributed by atoms with Crippen molar-refractivity contribution < 1.29 is 13.9 Å². The second-order valence-corrected chi connectivity index (χ2v) is 6.25. The van der Waals surface area contributed by atoms with Crippen LogP contribution in [-0.2, 0) is 11.3 Å². The molecular weight excluding hydrogens is 337 g/mol. The van der Waals surface area contributed by atoms with Crippen LogP contribution in [0.3, 0.4) is 0 Å². The summed E-state index contributed by atoms with van der Waals surface area (Å²) in [5.41, 5.74) is 8.27. The summed E-state index contributed by atoms with van der Waals surface area (Å²) in [5.74, 6) is -0.523. The van der Waals surface area contributed by atoms with Gasteiger partial charge in [0.1, 0.15) is 5.82 Å². The number of nitrogens with zero attached hydrogens (tertiary/aromatic N) is 1. The first-order chi connectivity index (χ1) is 12.5. The number of aryl methyl sites for hydroxylation is 1. The number of benzene rings is 1. The summed E-state index contributed by atoms with van der Waals surface area (Å²) in [6.07, 6.45) is 0. The van der Waals surface area contributed by atoms with Gasteiger partial charge in [-0.15, -0.1) is 0 Å². The Labute approximate surface area is 151 Å². The van der Waals surface area contributed by atoms with Gasteiger partial charge < -0.3 is 26.4 Å². The Bertz CT molecular complexity index is 810. The molecule has 1 amide bonds. The number of halogens is 1. The SMILES string of the molecule is COC[C@H](N)CNc1nc(Nc2ccc(C)cc2)c2c(c1F)CNC2=O. The van der Waals surface area contributed by atoms with Crippen molar-refractivity contribution in [3.05, 3.63) is 46.8 Å². The highest BCUT2D eigenvalue weighted by Crippen LogP contribution is 2.31. The Morgan fingerprint density at radius 1 is 1.35 bits per heavy atom. The van der Waals surface area contributed by atoms with Crippen LogP contribution in [0.15, 0.2) is 24.3 Å². The van der Waals surface area contributed by atoms with Crippen molar-refractivity contribution in [1.82, 2.24) is 10.3 Å². The van der Waals surface area contributed by atoms with Crippen LogP contribution in [0.25, 0.3) is 0 Å². The topological polar surface area (TPSA) is 101 Å². The number of amides is 1. The van der Waals surface area contributed by atoms with Gasteiger partial charge in [0.2, 0.25) is 0 Å². The normalized spacial score (nSPS) is 13.9. The first-order valence-electron chi connectivity index (χ1n) is 8.32. The summed E-state index contributed by atoms with van der Waals surface area (Å²) >= 11 is 0. The predicted octanol–water partition coefficient (Wildman–Crippen LogP) is 1.90. The summed E-state index contributed by atoms with van der Waals surface area (Å²) < 4.78 is 19.7. The second kappa shape index (κ2) is 7.67. The van der Waals surface area contributed by atoms with Gasteiger partial charge in [0.15, 0.2) is 11.6 Å². The maximum Gasteiger partial charge on any atom is 0.255 e. The molecule has 138 valence electrons. The number of aromatic nitrogens is 1. The van der Waals surface area contributed by atoms with Crippen molar-refractivity contribution in [2.45, 2.75) is 19.5 Å². The summed E-state index contributed by atoms with van der Waals surface area (Å²) in [4.78, 5) is 16.4. The monoisotopic (exact) mass is 359 g/mol. The molecule has 7 nitrogen and oxygen atoms in total. The maximum absolute atomic E-state index is 14.7. The van der Waals surface area contributed by atoms with Gasteiger partial charge in [-0.25, -0.2) is 9.37 Å². The van der Waals surface area contributed by atoms with Crippen LogP contribution in [0.2, 0.25) is 0 Å². The van der Waals surface area contributed by atoms with Gasteiger partial charge in [0.05, 0.1) is 12.2 Å². The number of pyridine rings is 1. The largest absolute Gasteiger partial charge is 0.383 e. The van der Waals surface area contributed by atoms with E-state index in [9.17, 15) is 9.18 Å². The number of carbonyl (C=O) groups is 1. The molecule has 0 radical (unpaired) electrons. The van der Waals surface area contributed by atoms with Gasteiger partial charge in [0, 0.05) is 37.5 Å². The van der Waals surface area contributed by atoms with Crippen molar-refractivity contribution in [2.24, 2.45) is 5.73 Å². The number of rotatable bonds is 7. The Morgan fingerprint density at radius 3 is 2.77 bits per heavy atom. The molecule has 0 fully saturated rings. The van der Waals surface area contributed by atoms with Gasteiger partial charge in [-0.3, -0.25) is 4.79 Å². The number of fused-ring (bicyclic) bond motifs is 1. The van der Waals surface area contributed by atoms with Crippen molar-refractivity contribution in [3.63, 3.8) is 0 Å². The number of ether oxygens (including phenoxy) is 1. The predicted molar refractivity (Wildman–Crippen MR) is 98.2 cm³/mol. The highest BCUT2D eigenvalue weighted by Gasteiger charge is 2.29. The van der Waals surface area contributed by atoms with E-state index in [4.69, 9.17) is 10.5 Å². The lowest BCUT2D eigenvalue weighted by Gasteiger charge is -2.16. The first kappa shape index (κ1) is 18.1. The van der Waals surface area contributed by atoms with Gasteiger partial charge in [-0.1, -0.05) is 17.7 Å². The van der Waals surface area contributed by atoms with E-state index >= 15 is 0 Å². The quantitative estimate of drug-likeness (QED) is 0.602. The van der Waals surface area contributed by atoms with Crippen LogP contribution in [-0.4, -0.2) is 37.2 Å². The molecule has 0 spiro atoms.